The number of nitrogens with zero attached hydrogens (tertiary/aromatic N) is 5. The molecule has 0 radical (unpaired) electrons. The van der Waals surface area contributed by atoms with Crippen molar-refractivity contribution in [2.24, 2.45) is 5.41 Å². The van der Waals surface area contributed by atoms with E-state index in [2.05, 4.69) is 20.1 Å². The quantitative estimate of drug-likeness (QED) is 0.907. The number of fused-ring (bicyclic) bond motifs is 1. The predicted molar refractivity (Wildman–Crippen MR) is 80.7 cm³/mol. The second-order valence-corrected chi connectivity index (χ2v) is 6.23. The van der Waals surface area contributed by atoms with Crippen LogP contribution in [0.15, 0.2) is 18.7 Å². The summed E-state index contributed by atoms with van der Waals surface area (Å²) in [7, 11) is 0. The molecule has 0 aromatic carbocycles. The van der Waals surface area contributed by atoms with Gasteiger partial charge in [-0.05, 0) is 19.8 Å². The Morgan fingerprint density at radius 2 is 2.23 bits per heavy atom. The molecule has 3 heterocycles. The maximum atomic E-state index is 10.3. The van der Waals surface area contributed by atoms with E-state index in [-0.39, 0.29) is 17.6 Å². The topological polar surface area (TPSA) is 75.8 Å². The molecule has 1 saturated carbocycles. The largest absolute Gasteiger partial charge is 0.392 e. The maximum Gasteiger partial charge on any atom is 0.203 e. The highest BCUT2D eigenvalue weighted by atomic mass is 16.5. The van der Waals surface area contributed by atoms with E-state index in [1.165, 1.54) is 0 Å². The Hall–Kier alpha value is -1.73. The minimum absolute atomic E-state index is 0.0642. The first-order valence-corrected chi connectivity index (χ1v) is 7.93. The van der Waals surface area contributed by atoms with E-state index in [4.69, 9.17) is 4.74 Å². The average molecular weight is 303 g/mol. The summed E-state index contributed by atoms with van der Waals surface area (Å²) in [6.07, 6.45) is 7.90. The molecular weight excluding hydrogens is 282 g/mol. The number of aliphatic hydroxyl groups excluding tert-OH is 1. The van der Waals surface area contributed by atoms with Gasteiger partial charge in [0.2, 0.25) is 5.65 Å². The van der Waals surface area contributed by atoms with Gasteiger partial charge in [-0.2, -0.15) is 0 Å². The third kappa shape index (κ3) is 1.92. The summed E-state index contributed by atoms with van der Waals surface area (Å²) >= 11 is 0. The van der Waals surface area contributed by atoms with Crippen LogP contribution in [0, 0.1) is 5.41 Å². The molecule has 1 spiro atoms. The van der Waals surface area contributed by atoms with Crippen molar-refractivity contribution in [3.05, 3.63) is 18.7 Å². The van der Waals surface area contributed by atoms with Crippen molar-refractivity contribution < 1.29 is 9.84 Å². The van der Waals surface area contributed by atoms with Crippen molar-refractivity contribution in [1.29, 1.82) is 0 Å². The fourth-order valence-corrected chi connectivity index (χ4v) is 3.92. The number of hydrogen-bond acceptors (Lipinski definition) is 6. The van der Waals surface area contributed by atoms with Gasteiger partial charge in [-0.3, -0.25) is 4.40 Å². The first-order valence-electron chi connectivity index (χ1n) is 7.93. The number of ether oxygens (including phenoxy) is 1. The van der Waals surface area contributed by atoms with Crippen LogP contribution in [0.2, 0.25) is 0 Å². The molecule has 118 valence electrons. The molecule has 2 atom stereocenters. The number of hydrogen-bond donors (Lipinski definition) is 1. The molecule has 1 saturated heterocycles. The highest BCUT2D eigenvalue weighted by Gasteiger charge is 2.56. The standard InChI is InChI=1S/C15H21N5O2/c1-2-22-12-9-11(21)15(12)3-6-19(7-4-15)13-14-18-17-10-20(14)8-5-16-13/h5,8,10-12,21H,2-4,6-7,9H2,1H3/t11-,12-/m1/s1. The minimum atomic E-state index is -0.233. The first-order chi connectivity index (χ1) is 10.7. The third-order valence-corrected chi connectivity index (χ3v) is 5.30. The lowest BCUT2D eigenvalue weighted by atomic mass is 9.58. The van der Waals surface area contributed by atoms with Crippen molar-refractivity contribution in [2.45, 2.75) is 38.4 Å². The number of rotatable bonds is 3. The van der Waals surface area contributed by atoms with Crippen LogP contribution in [0.4, 0.5) is 5.82 Å². The lowest BCUT2D eigenvalue weighted by Gasteiger charge is -2.56. The van der Waals surface area contributed by atoms with Crippen molar-refractivity contribution >= 4 is 11.5 Å². The third-order valence-electron chi connectivity index (χ3n) is 5.30. The number of piperidine rings is 1. The lowest BCUT2D eigenvalue weighted by molar-refractivity contribution is -0.199. The molecule has 7 heteroatoms. The van der Waals surface area contributed by atoms with Gasteiger partial charge in [0, 0.05) is 43.9 Å². The van der Waals surface area contributed by atoms with E-state index in [9.17, 15) is 5.11 Å². The SMILES string of the molecule is CCO[C@@H]1C[C@@H](O)C12CCN(c1nccn3cnnc13)CC2. The average Bonchev–Trinajstić information content (AvgIpc) is 3.03. The van der Waals surface area contributed by atoms with Crippen LogP contribution in [0.3, 0.4) is 0 Å². The Labute approximate surface area is 128 Å². The van der Waals surface area contributed by atoms with Crippen LogP contribution in [0.5, 0.6) is 0 Å². The highest BCUT2D eigenvalue weighted by Crippen LogP contribution is 2.51. The van der Waals surface area contributed by atoms with Gasteiger partial charge in [-0.15, -0.1) is 10.2 Å². The molecule has 2 aromatic heterocycles. The van der Waals surface area contributed by atoms with Crippen molar-refractivity contribution in [3.8, 4) is 0 Å². The van der Waals surface area contributed by atoms with Crippen molar-refractivity contribution in [1.82, 2.24) is 19.6 Å². The lowest BCUT2D eigenvalue weighted by Crippen LogP contribution is -2.62. The van der Waals surface area contributed by atoms with Gasteiger partial charge in [0.1, 0.15) is 6.33 Å². The van der Waals surface area contributed by atoms with E-state index >= 15 is 0 Å². The van der Waals surface area contributed by atoms with E-state index < -0.39 is 0 Å². The zero-order chi connectivity index (χ0) is 15.2. The van der Waals surface area contributed by atoms with E-state index in [0.29, 0.717) is 6.61 Å². The van der Waals surface area contributed by atoms with Crippen molar-refractivity contribution in [2.75, 3.05) is 24.6 Å². The van der Waals surface area contributed by atoms with Crippen LogP contribution in [0.25, 0.3) is 5.65 Å². The monoisotopic (exact) mass is 303 g/mol. The fraction of sp³-hybridized carbons (Fsp3) is 0.667. The van der Waals surface area contributed by atoms with Crippen molar-refractivity contribution in [3.63, 3.8) is 0 Å². The molecule has 2 aliphatic rings. The van der Waals surface area contributed by atoms with Gasteiger partial charge in [-0.25, -0.2) is 4.98 Å². The summed E-state index contributed by atoms with van der Waals surface area (Å²) in [5.41, 5.74) is 0.722. The molecule has 0 amide bonds. The molecular formula is C15H21N5O2. The number of aliphatic hydroxyl groups is 1. The molecule has 22 heavy (non-hydrogen) atoms. The number of anilines is 1. The van der Waals surface area contributed by atoms with Gasteiger partial charge in [0.25, 0.3) is 0 Å². The summed E-state index contributed by atoms with van der Waals surface area (Å²) in [5, 5.41) is 18.4. The van der Waals surface area contributed by atoms with Gasteiger partial charge < -0.3 is 14.7 Å². The minimum Gasteiger partial charge on any atom is -0.392 e. The fourth-order valence-electron chi connectivity index (χ4n) is 3.92. The van der Waals surface area contributed by atoms with Crippen LogP contribution in [0.1, 0.15) is 26.2 Å². The Kier molecular flexibility index (Phi) is 3.27. The van der Waals surface area contributed by atoms with Gasteiger partial charge in [0.05, 0.1) is 12.2 Å². The summed E-state index contributed by atoms with van der Waals surface area (Å²) in [6, 6.07) is 0. The smallest absolute Gasteiger partial charge is 0.203 e. The summed E-state index contributed by atoms with van der Waals surface area (Å²) in [4.78, 5) is 6.72. The zero-order valence-electron chi connectivity index (χ0n) is 12.7. The Balaban J connectivity index is 1.53. The number of aromatic nitrogens is 4. The molecule has 1 aliphatic carbocycles. The van der Waals surface area contributed by atoms with E-state index in [1.54, 1.807) is 12.5 Å². The van der Waals surface area contributed by atoms with Crippen LogP contribution >= 0.6 is 0 Å². The Morgan fingerprint density at radius 3 is 2.95 bits per heavy atom. The summed E-state index contributed by atoms with van der Waals surface area (Å²) < 4.78 is 7.70. The normalized spacial score (nSPS) is 27.3. The van der Waals surface area contributed by atoms with Crippen LogP contribution < -0.4 is 4.90 Å². The van der Waals surface area contributed by atoms with Gasteiger partial charge >= 0.3 is 0 Å². The zero-order valence-corrected chi connectivity index (χ0v) is 12.7. The molecule has 2 fully saturated rings. The van der Waals surface area contributed by atoms with E-state index in [1.807, 2.05) is 17.5 Å². The predicted octanol–water partition coefficient (Wildman–Crippen LogP) is 0.881. The second kappa shape index (κ2) is 5.17. The first kappa shape index (κ1) is 13.9. The van der Waals surface area contributed by atoms with Crippen LogP contribution in [-0.4, -0.2) is 56.6 Å². The second-order valence-electron chi connectivity index (χ2n) is 6.23. The van der Waals surface area contributed by atoms with Crippen LogP contribution in [-0.2, 0) is 4.74 Å². The highest BCUT2D eigenvalue weighted by molar-refractivity contribution is 5.63. The van der Waals surface area contributed by atoms with E-state index in [0.717, 1.165) is 43.8 Å². The molecule has 0 unspecified atom stereocenters. The summed E-state index contributed by atoms with van der Waals surface area (Å²) in [6.45, 7) is 4.45. The van der Waals surface area contributed by atoms with Gasteiger partial charge in [0.15, 0.2) is 5.82 Å². The molecule has 4 rings (SSSR count). The molecule has 1 aliphatic heterocycles. The molecule has 2 aromatic rings. The Bertz CT molecular complexity index is 663. The Morgan fingerprint density at radius 1 is 1.41 bits per heavy atom. The maximum absolute atomic E-state index is 10.3. The van der Waals surface area contributed by atoms with Gasteiger partial charge in [-0.1, -0.05) is 0 Å². The summed E-state index contributed by atoms with van der Waals surface area (Å²) in [5.74, 6) is 0.872. The molecule has 1 N–H and O–H groups in total. The molecule has 7 nitrogen and oxygen atoms in total. The molecule has 0 bridgehead atoms.